The maximum absolute atomic E-state index is 14.6. The highest BCUT2D eigenvalue weighted by Crippen LogP contribution is 2.32. The van der Waals surface area contributed by atoms with Gasteiger partial charge in [-0.25, -0.2) is 4.39 Å². The van der Waals surface area contributed by atoms with E-state index < -0.39 is 82.8 Å². The average Bonchev–Trinajstić information content (AvgIpc) is 3.24. The molecule has 1 aromatic heterocycles. The number of nitrogens with zero attached hydrogens (tertiary/aromatic N) is 4. The number of aromatic nitrogens is 2. The summed E-state index contributed by atoms with van der Waals surface area (Å²) < 4.78 is 134. The van der Waals surface area contributed by atoms with Crippen LogP contribution in [0, 0.1) is 11.7 Å². The minimum absolute atomic E-state index is 0.0260. The van der Waals surface area contributed by atoms with E-state index in [1.54, 1.807) is 0 Å². The molecule has 254 valence electrons. The van der Waals surface area contributed by atoms with Crippen molar-refractivity contribution >= 4 is 17.7 Å². The molecule has 5 rings (SSSR count). The standard InChI is InChI=1S/C37H40F4N4O2S/c1-4-43(5-2)18-19-44(22-26-6-10-28(11-7-26)29-12-14-30(15-13-29)37(39,40)41)34(46)23-45-33-21-25(3)20-32(33)35(47)42-36(45)48-24-27-8-16-31(38)17-9-27/h6-17,25H,4-5,18-24H2,1-3H3/i20D2,21D2,22D2,24D2,25D. The molecular formula is C37H40F4N4O2S. The molecule has 6 nitrogen and oxygen atoms in total. The summed E-state index contributed by atoms with van der Waals surface area (Å²) >= 11 is 0.275. The van der Waals surface area contributed by atoms with Crippen molar-refractivity contribution in [3.8, 4) is 11.1 Å². The molecule has 0 saturated heterocycles. The van der Waals surface area contributed by atoms with Crippen LogP contribution in [0.15, 0.2) is 82.7 Å². The average molecular weight is 690 g/mol. The number of carbonyl (C=O) groups is 1. The van der Waals surface area contributed by atoms with Crippen LogP contribution in [0.3, 0.4) is 0 Å². The quantitative estimate of drug-likeness (QED) is 0.0829. The van der Waals surface area contributed by atoms with Crippen LogP contribution in [0.4, 0.5) is 17.6 Å². The Bertz CT molecular complexity index is 2160. The van der Waals surface area contributed by atoms with Gasteiger partial charge in [-0.15, -0.1) is 0 Å². The first-order valence-electron chi connectivity index (χ1n) is 19.7. The first-order valence-corrected chi connectivity index (χ1v) is 16.0. The zero-order chi connectivity index (χ0) is 42.5. The Morgan fingerprint density at radius 1 is 0.979 bits per heavy atom. The molecule has 1 unspecified atom stereocenters. The van der Waals surface area contributed by atoms with Gasteiger partial charge in [0.05, 0.1) is 8.30 Å². The third-order valence-corrected chi connectivity index (χ3v) is 8.53. The second-order valence-electron chi connectivity index (χ2n) is 10.9. The summed E-state index contributed by atoms with van der Waals surface area (Å²) in [6.07, 6.45) is -10.4. The molecule has 11 heteroatoms. The number of alkyl halides is 3. The Kier molecular flexibility index (Phi) is 8.10. The molecule has 1 heterocycles. The smallest absolute Gasteiger partial charge is 0.336 e. The van der Waals surface area contributed by atoms with Crippen molar-refractivity contribution in [3.05, 3.63) is 117 Å². The molecule has 0 spiro atoms. The Balaban J connectivity index is 1.62. The fraction of sp³-hybridized carbons (Fsp3) is 0.378. The topological polar surface area (TPSA) is 58.4 Å². The van der Waals surface area contributed by atoms with Crippen molar-refractivity contribution in [2.75, 3.05) is 26.2 Å². The lowest BCUT2D eigenvalue weighted by molar-refractivity contribution is -0.137. The Hall–Kier alpha value is -3.96. The van der Waals surface area contributed by atoms with Crippen LogP contribution in [0.25, 0.3) is 11.1 Å². The zero-order valence-electron chi connectivity index (χ0n) is 35.5. The molecule has 0 aliphatic heterocycles. The van der Waals surface area contributed by atoms with E-state index in [0.717, 1.165) is 52.8 Å². The number of halogens is 4. The van der Waals surface area contributed by atoms with Crippen LogP contribution in [0.5, 0.6) is 0 Å². The summed E-state index contributed by atoms with van der Waals surface area (Å²) in [6, 6.07) is 14.4. The van der Waals surface area contributed by atoms with E-state index in [9.17, 15) is 29.9 Å². The van der Waals surface area contributed by atoms with Crippen molar-refractivity contribution in [2.45, 2.75) is 63.6 Å². The summed E-state index contributed by atoms with van der Waals surface area (Å²) in [5, 5.41) is -0.566. The molecule has 1 aliphatic rings. The highest BCUT2D eigenvalue weighted by Gasteiger charge is 2.30. The van der Waals surface area contributed by atoms with Gasteiger partial charge in [0.25, 0.3) is 5.56 Å². The molecule has 1 amide bonds. The molecule has 0 radical (unpaired) electrons. The van der Waals surface area contributed by atoms with Gasteiger partial charge < -0.3 is 14.4 Å². The lowest BCUT2D eigenvalue weighted by Gasteiger charge is -2.28. The summed E-state index contributed by atoms with van der Waals surface area (Å²) in [5.41, 5.74) is -5.37. The minimum atomic E-state index is -4.53. The van der Waals surface area contributed by atoms with Gasteiger partial charge in [-0.2, -0.15) is 18.2 Å². The fourth-order valence-electron chi connectivity index (χ4n) is 5.01. The van der Waals surface area contributed by atoms with Gasteiger partial charge in [-0.3, -0.25) is 9.59 Å². The van der Waals surface area contributed by atoms with E-state index in [-0.39, 0.29) is 36.0 Å². The number of thioether (sulfide) groups is 1. The SMILES string of the molecule is [2H]C([2H])(Sc1nc(=O)c2c(n1CC(=O)N(CCN(CC)CC)C([2H])([2H])c1ccc(-c3ccc(C(F)(F)F)cc3)cc1)C([2H])([2H])C([2H])(C)C2([2H])[2H])c1ccc(F)cc1. The van der Waals surface area contributed by atoms with E-state index in [1.165, 1.54) is 36.4 Å². The van der Waals surface area contributed by atoms with Crippen LogP contribution in [-0.4, -0.2) is 51.4 Å². The van der Waals surface area contributed by atoms with Gasteiger partial charge in [0, 0.05) is 46.1 Å². The molecule has 0 N–H and O–H groups in total. The number of fused-ring (bicyclic) bond motifs is 1. The Morgan fingerprint density at radius 2 is 1.58 bits per heavy atom. The predicted octanol–water partition coefficient (Wildman–Crippen LogP) is 7.47. The Morgan fingerprint density at radius 3 is 2.19 bits per heavy atom. The monoisotopic (exact) mass is 689 g/mol. The van der Waals surface area contributed by atoms with Crippen LogP contribution in [-0.2, 0) is 42.5 Å². The van der Waals surface area contributed by atoms with Crippen LogP contribution >= 0.6 is 11.8 Å². The minimum Gasteiger partial charge on any atom is -0.336 e. The number of hydrogen-bond donors (Lipinski definition) is 0. The van der Waals surface area contributed by atoms with E-state index in [2.05, 4.69) is 4.98 Å². The molecule has 4 aromatic rings. The van der Waals surface area contributed by atoms with Crippen molar-refractivity contribution in [2.24, 2.45) is 5.89 Å². The number of hydrogen-bond acceptors (Lipinski definition) is 5. The number of carbonyl (C=O) groups excluding carboxylic acids is 1. The largest absolute Gasteiger partial charge is 0.416 e. The second-order valence-corrected chi connectivity index (χ2v) is 11.7. The first kappa shape index (κ1) is 25.1. The maximum Gasteiger partial charge on any atom is 0.416 e. The molecule has 1 aliphatic carbocycles. The number of rotatable bonds is 13. The maximum atomic E-state index is 14.6. The molecule has 0 bridgehead atoms. The molecule has 48 heavy (non-hydrogen) atoms. The highest BCUT2D eigenvalue weighted by atomic mass is 32.2. The van der Waals surface area contributed by atoms with Crippen molar-refractivity contribution in [1.29, 1.82) is 0 Å². The van der Waals surface area contributed by atoms with Crippen LogP contribution < -0.4 is 5.56 Å². The van der Waals surface area contributed by atoms with Gasteiger partial charge in [0.1, 0.15) is 12.4 Å². The third-order valence-electron chi connectivity index (χ3n) is 7.69. The van der Waals surface area contributed by atoms with E-state index in [4.69, 9.17) is 9.60 Å². The van der Waals surface area contributed by atoms with E-state index >= 15 is 0 Å². The summed E-state index contributed by atoms with van der Waals surface area (Å²) in [7, 11) is 0. The van der Waals surface area contributed by atoms with Crippen LogP contribution in [0.1, 0.15) is 61.1 Å². The van der Waals surface area contributed by atoms with Crippen molar-refractivity contribution < 1.29 is 34.7 Å². The highest BCUT2D eigenvalue weighted by molar-refractivity contribution is 7.98. The molecular weight excluding hydrogens is 640 g/mol. The fourth-order valence-corrected chi connectivity index (χ4v) is 5.75. The second kappa shape index (κ2) is 15.5. The van der Waals surface area contributed by atoms with Gasteiger partial charge in [-0.05, 0) is 78.2 Å². The van der Waals surface area contributed by atoms with E-state index in [0.29, 0.717) is 24.2 Å². The number of likely N-dealkylation sites (N-methyl/N-ethyl adjacent to an activating group) is 1. The van der Waals surface area contributed by atoms with Gasteiger partial charge in [0.15, 0.2) is 5.16 Å². The summed E-state index contributed by atoms with van der Waals surface area (Å²) in [5.74, 6) is -4.29. The predicted molar refractivity (Wildman–Crippen MR) is 181 cm³/mol. The Labute approximate surface area is 295 Å². The normalized spacial score (nSPS) is 21.4. The molecule has 1 atom stereocenters. The number of benzene rings is 3. The van der Waals surface area contributed by atoms with Gasteiger partial charge >= 0.3 is 6.18 Å². The summed E-state index contributed by atoms with van der Waals surface area (Å²) in [6.45, 7) is 2.15. The number of amides is 1. The third kappa shape index (κ3) is 8.73. The summed E-state index contributed by atoms with van der Waals surface area (Å²) in [4.78, 5) is 34.9. The molecule has 3 aromatic carbocycles. The molecule has 0 saturated carbocycles. The lowest BCUT2D eigenvalue weighted by Crippen LogP contribution is -2.40. The van der Waals surface area contributed by atoms with E-state index in [1.807, 2.05) is 18.7 Å². The first-order chi connectivity index (χ1) is 26.3. The molecule has 0 fully saturated rings. The zero-order valence-corrected chi connectivity index (χ0v) is 27.3. The lowest BCUT2D eigenvalue weighted by atomic mass is 10.0. The van der Waals surface area contributed by atoms with Crippen molar-refractivity contribution in [3.63, 3.8) is 0 Å². The van der Waals surface area contributed by atoms with Gasteiger partial charge in [0.2, 0.25) is 5.91 Å². The van der Waals surface area contributed by atoms with Crippen LogP contribution in [0.2, 0.25) is 0 Å². The van der Waals surface area contributed by atoms with Gasteiger partial charge in [-0.1, -0.05) is 81.1 Å². The van der Waals surface area contributed by atoms with Crippen molar-refractivity contribution in [1.82, 2.24) is 19.4 Å².